The summed E-state index contributed by atoms with van der Waals surface area (Å²) in [4.78, 5) is 38.3. The quantitative estimate of drug-likeness (QED) is 0.0261. The van der Waals surface area contributed by atoms with Crippen molar-refractivity contribution in [3.63, 3.8) is 0 Å². The van der Waals surface area contributed by atoms with Crippen molar-refractivity contribution >= 4 is 17.9 Å². The first-order valence-corrected chi connectivity index (χ1v) is 33.0. The molecule has 0 amide bonds. The van der Waals surface area contributed by atoms with E-state index in [-0.39, 0.29) is 44.0 Å². The number of allylic oxidation sites excluding steroid dienone is 26. The van der Waals surface area contributed by atoms with Crippen LogP contribution in [0.3, 0.4) is 0 Å². The fourth-order valence-electron chi connectivity index (χ4n) is 8.70. The minimum absolute atomic E-state index is 0.118. The molecule has 0 radical (unpaired) electrons. The molecule has 0 saturated heterocycles. The molecular weight excluding hydrogens is 997 g/mol. The molecule has 1 atom stereocenters. The van der Waals surface area contributed by atoms with Crippen molar-refractivity contribution in [1.29, 1.82) is 0 Å². The predicted octanol–water partition coefficient (Wildman–Crippen LogP) is 22.9. The zero-order valence-electron chi connectivity index (χ0n) is 52.2. The van der Waals surface area contributed by atoms with Crippen LogP contribution in [0.5, 0.6) is 0 Å². The van der Waals surface area contributed by atoms with E-state index in [4.69, 9.17) is 14.2 Å². The van der Waals surface area contributed by atoms with Crippen molar-refractivity contribution < 1.29 is 28.6 Å². The Labute approximate surface area is 499 Å². The van der Waals surface area contributed by atoms with Crippen LogP contribution in [0.25, 0.3) is 0 Å². The summed E-state index contributed by atoms with van der Waals surface area (Å²) >= 11 is 0. The van der Waals surface area contributed by atoms with Crippen LogP contribution < -0.4 is 0 Å². The molecule has 0 aromatic heterocycles. The largest absolute Gasteiger partial charge is 0.462 e. The summed E-state index contributed by atoms with van der Waals surface area (Å²) in [5, 5.41) is 0. The molecule has 0 spiro atoms. The lowest BCUT2D eigenvalue weighted by Gasteiger charge is -2.18. The Morgan fingerprint density at radius 2 is 0.457 bits per heavy atom. The van der Waals surface area contributed by atoms with Crippen LogP contribution in [0.4, 0.5) is 0 Å². The van der Waals surface area contributed by atoms with Crippen molar-refractivity contribution in [3.05, 3.63) is 158 Å². The van der Waals surface area contributed by atoms with Gasteiger partial charge in [-0.3, -0.25) is 14.4 Å². The third kappa shape index (κ3) is 65.7. The SMILES string of the molecule is CC/C=C\C/C=C\C/C=C\C/C=C\C/C=C\CCCC(=O)OC(COC(=O)CCCC/C=C\C/C=C\C/C=C\C/C=C\CC)COC(=O)CCCCCCCCCCCCCCCCCCCC/C=C\C/C=C\C/C=C\C/C=C\CC. The van der Waals surface area contributed by atoms with Gasteiger partial charge in [0.2, 0.25) is 0 Å². The standard InChI is InChI=1S/C75H120O6/c1-4-7-10-13-16-19-22-25-28-30-31-32-33-34-35-36-37-38-39-40-41-42-43-45-47-50-53-56-59-62-65-68-74(77)80-71-72(70-79-73(76)67-64-61-58-55-52-49-46-27-24-21-18-15-12-9-6-3)81-75(78)69-66-63-60-57-54-51-48-44-29-26-23-20-17-14-11-8-5-2/h7-12,16-21,25-29,31-32,46,48,51-52,55,57,60,72H,4-6,13-15,22-24,30,33-45,47,49-50,53-54,56,58-59,61-71H2,1-3H3/b10-7-,11-8-,12-9-,19-16-,20-17-,21-18-,28-25-,29-26-,32-31-,46-27-,51-48-,55-52-,60-57-. The van der Waals surface area contributed by atoms with Gasteiger partial charge >= 0.3 is 17.9 Å². The van der Waals surface area contributed by atoms with Crippen molar-refractivity contribution in [2.24, 2.45) is 0 Å². The second kappa shape index (κ2) is 67.5. The predicted molar refractivity (Wildman–Crippen MR) is 352 cm³/mol. The third-order valence-electron chi connectivity index (χ3n) is 13.5. The number of ether oxygens (including phenoxy) is 3. The van der Waals surface area contributed by atoms with Gasteiger partial charge in [-0.15, -0.1) is 0 Å². The Morgan fingerprint density at radius 1 is 0.247 bits per heavy atom. The molecule has 0 aliphatic heterocycles. The maximum atomic E-state index is 12.9. The van der Waals surface area contributed by atoms with E-state index in [1.807, 2.05) is 0 Å². The van der Waals surface area contributed by atoms with E-state index in [1.165, 1.54) is 103 Å². The van der Waals surface area contributed by atoms with E-state index in [1.54, 1.807) is 0 Å². The van der Waals surface area contributed by atoms with E-state index >= 15 is 0 Å². The van der Waals surface area contributed by atoms with Gasteiger partial charge in [-0.25, -0.2) is 0 Å². The van der Waals surface area contributed by atoms with Gasteiger partial charge < -0.3 is 14.2 Å². The minimum atomic E-state index is -0.832. The summed E-state index contributed by atoms with van der Waals surface area (Å²) in [6, 6.07) is 0. The molecule has 1 unspecified atom stereocenters. The highest BCUT2D eigenvalue weighted by Gasteiger charge is 2.19. The van der Waals surface area contributed by atoms with Gasteiger partial charge in [-0.05, 0) is 135 Å². The fourth-order valence-corrected chi connectivity index (χ4v) is 8.70. The van der Waals surface area contributed by atoms with Crippen LogP contribution in [-0.2, 0) is 28.6 Å². The van der Waals surface area contributed by atoms with Crippen molar-refractivity contribution in [3.8, 4) is 0 Å². The van der Waals surface area contributed by atoms with Gasteiger partial charge in [-0.1, -0.05) is 281 Å². The highest BCUT2D eigenvalue weighted by Crippen LogP contribution is 2.16. The molecular formula is C75H120O6. The van der Waals surface area contributed by atoms with Gasteiger partial charge in [0.25, 0.3) is 0 Å². The summed E-state index contributed by atoms with van der Waals surface area (Å²) in [6.07, 6.45) is 98.5. The second-order valence-electron chi connectivity index (χ2n) is 21.2. The normalized spacial score (nSPS) is 13.2. The van der Waals surface area contributed by atoms with Crippen LogP contribution in [0, 0.1) is 0 Å². The number of esters is 3. The zero-order chi connectivity index (χ0) is 58.5. The molecule has 0 N–H and O–H groups in total. The molecule has 0 rings (SSSR count). The molecule has 6 heteroatoms. The van der Waals surface area contributed by atoms with Gasteiger partial charge in [0.1, 0.15) is 13.2 Å². The Balaban J connectivity index is 4.33. The summed E-state index contributed by atoms with van der Waals surface area (Å²) < 4.78 is 16.8. The Bertz CT molecular complexity index is 1810. The van der Waals surface area contributed by atoms with Crippen LogP contribution >= 0.6 is 0 Å². The van der Waals surface area contributed by atoms with E-state index in [2.05, 4.69) is 179 Å². The number of hydrogen-bond donors (Lipinski definition) is 0. The van der Waals surface area contributed by atoms with E-state index < -0.39 is 6.10 Å². The highest BCUT2D eigenvalue weighted by atomic mass is 16.6. The summed E-state index contributed by atoms with van der Waals surface area (Å²) in [5.41, 5.74) is 0. The van der Waals surface area contributed by atoms with Crippen molar-refractivity contribution in [1.82, 2.24) is 0 Å². The molecule has 0 saturated carbocycles. The molecule has 0 aliphatic carbocycles. The Hall–Kier alpha value is -4.97. The lowest BCUT2D eigenvalue weighted by molar-refractivity contribution is -0.167. The monoisotopic (exact) mass is 1120 g/mol. The number of hydrogen-bond acceptors (Lipinski definition) is 6. The summed E-state index contributed by atoms with van der Waals surface area (Å²) in [6.45, 7) is 6.22. The molecule has 0 aromatic rings. The van der Waals surface area contributed by atoms with Crippen molar-refractivity contribution in [2.75, 3.05) is 13.2 Å². The first-order chi connectivity index (χ1) is 40.0. The number of carbonyl (C=O) groups is 3. The average Bonchev–Trinajstić information content (AvgIpc) is 3.47. The fraction of sp³-hybridized carbons (Fsp3) is 0.613. The number of rotatable bonds is 58. The molecule has 0 fully saturated rings. The maximum absolute atomic E-state index is 12.9. The summed E-state index contributed by atoms with van der Waals surface area (Å²) in [7, 11) is 0. The molecule has 0 aromatic carbocycles. The molecule has 81 heavy (non-hydrogen) atoms. The third-order valence-corrected chi connectivity index (χ3v) is 13.5. The number of carbonyl (C=O) groups excluding carboxylic acids is 3. The Kier molecular flexibility index (Phi) is 63.4. The maximum Gasteiger partial charge on any atom is 0.306 e. The van der Waals surface area contributed by atoms with Gasteiger partial charge in [0, 0.05) is 19.3 Å². The van der Waals surface area contributed by atoms with Crippen LogP contribution in [-0.4, -0.2) is 37.2 Å². The van der Waals surface area contributed by atoms with Crippen LogP contribution in [0.1, 0.15) is 278 Å². The van der Waals surface area contributed by atoms with E-state index in [0.29, 0.717) is 19.3 Å². The smallest absolute Gasteiger partial charge is 0.306 e. The van der Waals surface area contributed by atoms with E-state index in [9.17, 15) is 14.4 Å². The molecule has 6 nitrogen and oxygen atoms in total. The zero-order valence-corrected chi connectivity index (χ0v) is 52.2. The molecule has 0 heterocycles. The molecule has 0 aliphatic rings. The number of unbranched alkanes of at least 4 members (excludes halogenated alkanes) is 21. The van der Waals surface area contributed by atoms with Crippen molar-refractivity contribution in [2.45, 2.75) is 284 Å². The minimum Gasteiger partial charge on any atom is -0.462 e. The van der Waals surface area contributed by atoms with Crippen LogP contribution in [0.15, 0.2) is 158 Å². The van der Waals surface area contributed by atoms with Gasteiger partial charge in [-0.2, -0.15) is 0 Å². The topological polar surface area (TPSA) is 78.9 Å². The molecule has 456 valence electrons. The summed E-state index contributed by atoms with van der Waals surface area (Å²) in [5.74, 6) is -1.02. The Morgan fingerprint density at radius 3 is 0.753 bits per heavy atom. The van der Waals surface area contributed by atoms with E-state index in [0.717, 1.165) is 122 Å². The first-order valence-electron chi connectivity index (χ1n) is 33.0. The molecule has 0 bridgehead atoms. The highest BCUT2D eigenvalue weighted by molar-refractivity contribution is 5.71. The average molecular weight is 1120 g/mol. The van der Waals surface area contributed by atoms with Gasteiger partial charge in [0.05, 0.1) is 0 Å². The lowest BCUT2D eigenvalue weighted by Crippen LogP contribution is -2.30. The van der Waals surface area contributed by atoms with Gasteiger partial charge in [0.15, 0.2) is 6.10 Å². The van der Waals surface area contributed by atoms with Crippen LogP contribution in [0.2, 0.25) is 0 Å². The lowest BCUT2D eigenvalue weighted by atomic mass is 10.0. The second-order valence-corrected chi connectivity index (χ2v) is 21.2. The first kappa shape index (κ1) is 76.0.